The number of hydrogen-bond acceptors (Lipinski definition) is 3. The predicted molar refractivity (Wildman–Crippen MR) is 82.9 cm³/mol. The molecule has 0 fully saturated rings. The zero-order valence-corrected chi connectivity index (χ0v) is 12.3. The predicted octanol–water partition coefficient (Wildman–Crippen LogP) is 3.23. The molecule has 1 aromatic heterocycles. The number of carboxylic acid groups (broad SMARTS) is 1. The third kappa shape index (κ3) is 4.82. The normalized spacial score (nSPS) is 12.2. The monoisotopic (exact) mass is 319 g/mol. The van der Waals surface area contributed by atoms with Gasteiger partial charge in [-0.3, -0.25) is 9.59 Å². The molecule has 1 atom stereocenters. The molecular weight excluding hydrogens is 305 g/mol. The van der Waals surface area contributed by atoms with Gasteiger partial charge >= 0.3 is 5.97 Å². The van der Waals surface area contributed by atoms with E-state index in [2.05, 4.69) is 5.32 Å². The lowest BCUT2D eigenvalue weighted by Gasteiger charge is -2.16. The van der Waals surface area contributed by atoms with Crippen LogP contribution in [0.15, 0.2) is 47.2 Å². The van der Waals surface area contributed by atoms with Gasteiger partial charge in [0.25, 0.3) is 0 Å². The molecule has 0 aliphatic carbocycles. The lowest BCUT2D eigenvalue weighted by Crippen LogP contribution is -2.28. The number of carbonyl (C=O) groups is 2. The molecule has 1 amide bonds. The minimum atomic E-state index is -1.04. The van der Waals surface area contributed by atoms with Crippen LogP contribution in [0.5, 0.6) is 0 Å². The van der Waals surface area contributed by atoms with Crippen LogP contribution in [0.4, 0.5) is 4.39 Å². The molecule has 0 aliphatic rings. The van der Waals surface area contributed by atoms with Crippen molar-refractivity contribution in [1.29, 1.82) is 0 Å². The fourth-order valence-corrected chi connectivity index (χ4v) is 2.51. The van der Waals surface area contributed by atoms with Gasteiger partial charge in [0.2, 0.25) is 5.91 Å². The first-order valence-corrected chi connectivity index (χ1v) is 7.47. The minimum Gasteiger partial charge on any atom is -0.481 e. The Morgan fingerprint density at radius 1 is 1.27 bits per heavy atom. The average molecular weight is 319 g/mol. The number of carbonyl (C=O) groups excluding carboxylic acids is 1. The maximum atomic E-state index is 12.9. The summed E-state index contributed by atoms with van der Waals surface area (Å²) in [4.78, 5) is 22.8. The van der Waals surface area contributed by atoms with Crippen molar-refractivity contribution in [2.45, 2.75) is 12.5 Å². The first-order valence-electron chi connectivity index (χ1n) is 6.52. The van der Waals surface area contributed by atoms with Crippen molar-refractivity contribution >= 4 is 29.3 Å². The number of aliphatic carboxylic acids is 1. The molecule has 0 spiro atoms. The zero-order chi connectivity index (χ0) is 15.9. The van der Waals surface area contributed by atoms with Crippen LogP contribution in [0.2, 0.25) is 0 Å². The summed E-state index contributed by atoms with van der Waals surface area (Å²) in [7, 11) is 0. The van der Waals surface area contributed by atoms with Gasteiger partial charge in [0, 0.05) is 6.08 Å². The van der Waals surface area contributed by atoms with Crippen molar-refractivity contribution in [2.24, 2.45) is 0 Å². The van der Waals surface area contributed by atoms with Gasteiger partial charge in [0.05, 0.1) is 12.5 Å². The van der Waals surface area contributed by atoms with Crippen molar-refractivity contribution in [1.82, 2.24) is 5.32 Å². The summed E-state index contributed by atoms with van der Waals surface area (Å²) in [5.41, 5.74) is 1.44. The molecule has 2 N–H and O–H groups in total. The Hall–Kier alpha value is -2.47. The SMILES string of the molecule is O=C(O)CC(NC(=O)/C=C/c1ccsc1)c1ccc(F)cc1. The Balaban J connectivity index is 2.07. The van der Waals surface area contributed by atoms with Crippen LogP contribution >= 0.6 is 11.3 Å². The van der Waals surface area contributed by atoms with Crippen LogP contribution in [0.25, 0.3) is 6.08 Å². The highest BCUT2D eigenvalue weighted by Gasteiger charge is 2.17. The number of benzene rings is 1. The summed E-state index contributed by atoms with van der Waals surface area (Å²) in [5, 5.41) is 15.4. The second-order valence-electron chi connectivity index (χ2n) is 4.60. The first-order chi connectivity index (χ1) is 10.5. The second-order valence-corrected chi connectivity index (χ2v) is 5.38. The highest BCUT2D eigenvalue weighted by atomic mass is 32.1. The van der Waals surface area contributed by atoms with Gasteiger partial charge < -0.3 is 10.4 Å². The molecule has 2 rings (SSSR count). The van der Waals surface area contributed by atoms with E-state index in [9.17, 15) is 14.0 Å². The van der Waals surface area contributed by atoms with E-state index in [1.807, 2.05) is 16.8 Å². The van der Waals surface area contributed by atoms with Gasteiger partial charge in [-0.2, -0.15) is 11.3 Å². The molecule has 0 saturated heterocycles. The van der Waals surface area contributed by atoms with E-state index in [1.165, 1.54) is 41.7 Å². The molecule has 6 heteroatoms. The number of rotatable bonds is 6. The number of hydrogen-bond donors (Lipinski definition) is 2. The number of amides is 1. The molecule has 22 heavy (non-hydrogen) atoms. The van der Waals surface area contributed by atoms with Crippen LogP contribution < -0.4 is 5.32 Å². The summed E-state index contributed by atoms with van der Waals surface area (Å²) < 4.78 is 12.9. The van der Waals surface area contributed by atoms with E-state index in [1.54, 1.807) is 6.08 Å². The maximum Gasteiger partial charge on any atom is 0.305 e. The highest BCUT2D eigenvalue weighted by molar-refractivity contribution is 7.08. The van der Waals surface area contributed by atoms with Gasteiger partial charge in [0.1, 0.15) is 5.82 Å². The number of thiophene rings is 1. The Bertz CT molecular complexity index is 665. The van der Waals surface area contributed by atoms with Crippen LogP contribution in [0, 0.1) is 5.82 Å². The summed E-state index contributed by atoms with van der Waals surface area (Å²) in [6.07, 6.45) is 2.72. The van der Waals surface area contributed by atoms with Crippen LogP contribution in [-0.4, -0.2) is 17.0 Å². The summed E-state index contributed by atoms with van der Waals surface area (Å²) in [6.45, 7) is 0. The number of halogens is 1. The molecule has 0 radical (unpaired) electrons. The standard InChI is InChI=1S/C16H14FNO3S/c17-13-4-2-12(3-5-13)14(9-16(20)21)18-15(19)6-1-11-7-8-22-10-11/h1-8,10,14H,9H2,(H,18,19)(H,20,21)/b6-1+. The minimum absolute atomic E-state index is 0.274. The Labute approximate surface area is 130 Å². The first kappa shape index (κ1) is 15.9. The van der Waals surface area contributed by atoms with Gasteiger partial charge in [-0.25, -0.2) is 4.39 Å². The van der Waals surface area contributed by atoms with E-state index < -0.39 is 23.7 Å². The van der Waals surface area contributed by atoms with Crippen molar-refractivity contribution < 1.29 is 19.1 Å². The average Bonchev–Trinajstić information content (AvgIpc) is 2.98. The van der Waals surface area contributed by atoms with Crippen molar-refractivity contribution in [3.63, 3.8) is 0 Å². The topological polar surface area (TPSA) is 66.4 Å². The lowest BCUT2D eigenvalue weighted by molar-refractivity contribution is -0.137. The highest BCUT2D eigenvalue weighted by Crippen LogP contribution is 2.17. The van der Waals surface area contributed by atoms with E-state index in [0.717, 1.165) is 5.56 Å². The van der Waals surface area contributed by atoms with E-state index in [4.69, 9.17) is 5.11 Å². The molecule has 1 heterocycles. The second kappa shape index (κ2) is 7.51. The van der Waals surface area contributed by atoms with Gasteiger partial charge in [-0.1, -0.05) is 12.1 Å². The molecule has 114 valence electrons. The van der Waals surface area contributed by atoms with Crippen LogP contribution in [-0.2, 0) is 9.59 Å². The molecule has 0 saturated carbocycles. The summed E-state index contributed by atoms with van der Waals surface area (Å²) in [6, 6.07) is 6.55. The Kier molecular flexibility index (Phi) is 5.43. The quantitative estimate of drug-likeness (QED) is 0.803. The number of carboxylic acids is 1. The van der Waals surface area contributed by atoms with Crippen molar-refractivity contribution in [2.75, 3.05) is 0 Å². The van der Waals surface area contributed by atoms with Gasteiger partial charge in [-0.05, 0) is 46.2 Å². The summed E-state index contributed by atoms with van der Waals surface area (Å²) in [5.74, 6) is -1.86. The van der Waals surface area contributed by atoms with Crippen LogP contribution in [0.3, 0.4) is 0 Å². The van der Waals surface area contributed by atoms with E-state index >= 15 is 0 Å². The molecule has 4 nitrogen and oxygen atoms in total. The van der Waals surface area contributed by atoms with Crippen molar-refractivity contribution in [3.8, 4) is 0 Å². The molecule has 1 unspecified atom stereocenters. The van der Waals surface area contributed by atoms with Gasteiger partial charge in [-0.15, -0.1) is 0 Å². The smallest absolute Gasteiger partial charge is 0.305 e. The largest absolute Gasteiger partial charge is 0.481 e. The Morgan fingerprint density at radius 2 is 2.00 bits per heavy atom. The molecule has 1 aromatic carbocycles. The molecule has 0 aliphatic heterocycles. The molecular formula is C16H14FNO3S. The third-order valence-corrected chi connectivity index (χ3v) is 3.64. The Morgan fingerprint density at radius 3 is 2.59 bits per heavy atom. The van der Waals surface area contributed by atoms with Crippen molar-refractivity contribution in [3.05, 3.63) is 64.1 Å². The number of nitrogens with one attached hydrogen (secondary N) is 1. The lowest BCUT2D eigenvalue weighted by atomic mass is 10.0. The molecule has 2 aromatic rings. The molecule has 0 bridgehead atoms. The fraction of sp³-hybridized carbons (Fsp3) is 0.125. The summed E-state index contributed by atoms with van der Waals surface area (Å²) >= 11 is 1.52. The zero-order valence-electron chi connectivity index (χ0n) is 11.5. The van der Waals surface area contributed by atoms with E-state index in [0.29, 0.717) is 5.56 Å². The van der Waals surface area contributed by atoms with Gasteiger partial charge in [0.15, 0.2) is 0 Å². The third-order valence-electron chi connectivity index (χ3n) is 2.94. The maximum absolute atomic E-state index is 12.9. The van der Waals surface area contributed by atoms with Crippen LogP contribution in [0.1, 0.15) is 23.6 Å². The fourth-order valence-electron chi connectivity index (χ4n) is 1.88. The van der Waals surface area contributed by atoms with E-state index in [-0.39, 0.29) is 6.42 Å².